The Morgan fingerprint density at radius 3 is 1.73 bits per heavy atom. The molecule has 3 rings (SSSR count). The van der Waals surface area contributed by atoms with E-state index in [0.29, 0.717) is 12.0 Å². The fourth-order valence-electron chi connectivity index (χ4n) is 3.63. The highest BCUT2D eigenvalue weighted by Gasteiger charge is 2.42. The maximum absolute atomic E-state index is 12.8. The van der Waals surface area contributed by atoms with Crippen molar-refractivity contribution in [1.29, 1.82) is 0 Å². The number of esters is 1. The molecule has 0 bridgehead atoms. The Labute approximate surface area is 177 Å². The molecule has 0 fully saturated rings. The lowest BCUT2D eigenvalue weighted by Gasteiger charge is -2.15. The molecule has 0 aromatic heterocycles. The van der Waals surface area contributed by atoms with Gasteiger partial charge in [-0.2, -0.15) is 0 Å². The quantitative estimate of drug-likeness (QED) is 0.518. The predicted molar refractivity (Wildman–Crippen MR) is 116 cm³/mol. The number of rotatable bonds is 6. The number of hydrogen-bond donors (Lipinski definition) is 0. The highest BCUT2D eigenvalue weighted by molar-refractivity contribution is 6.22. The number of Topliss-reactive ketones (excluding diaryl/α,β-unsaturated/α-hetero) is 1. The number of hydrogen-bond acceptors (Lipinski definition) is 5. The molecule has 30 heavy (non-hydrogen) atoms. The summed E-state index contributed by atoms with van der Waals surface area (Å²) in [6.07, 6.45) is 2.38. The number of carbonyl (C=O) groups excluding carboxylic acids is 2. The Hall–Kier alpha value is -3.34. The summed E-state index contributed by atoms with van der Waals surface area (Å²) in [5, 5.41) is 0. The van der Waals surface area contributed by atoms with E-state index in [2.05, 4.69) is 0 Å². The summed E-state index contributed by atoms with van der Waals surface area (Å²) >= 11 is 0. The number of methoxy groups -OCH3 is 3. The van der Waals surface area contributed by atoms with Crippen LogP contribution in [0, 0.1) is 5.41 Å². The van der Waals surface area contributed by atoms with Crippen LogP contribution in [0.5, 0.6) is 11.5 Å². The van der Waals surface area contributed by atoms with Crippen LogP contribution in [0.2, 0.25) is 0 Å². The van der Waals surface area contributed by atoms with Gasteiger partial charge in [-0.3, -0.25) is 4.79 Å². The molecule has 0 radical (unpaired) electrons. The summed E-state index contributed by atoms with van der Waals surface area (Å²) in [5.74, 6) is 0.712. The molecule has 0 aliphatic heterocycles. The summed E-state index contributed by atoms with van der Waals surface area (Å²) in [4.78, 5) is 25.2. The van der Waals surface area contributed by atoms with Crippen molar-refractivity contribution in [3.63, 3.8) is 0 Å². The van der Waals surface area contributed by atoms with Gasteiger partial charge in [-0.05, 0) is 59.0 Å². The zero-order valence-electron chi connectivity index (χ0n) is 17.9. The molecule has 0 N–H and O–H groups in total. The molecule has 5 heteroatoms. The van der Waals surface area contributed by atoms with Gasteiger partial charge < -0.3 is 14.2 Å². The van der Waals surface area contributed by atoms with Gasteiger partial charge in [0.25, 0.3) is 0 Å². The van der Waals surface area contributed by atoms with Crippen LogP contribution in [0.1, 0.15) is 31.4 Å². The predicted octanol–water partition coefficient (Wildman–Crippen LogP) is 4.60. The van der Waals surface area contributed by atoms with Gasteiger partial charge in [0.2, 0.25) is 0 Å². The minimum Gasteiger partial charge on any atom is -0.497 e. The van der Waals surface area contributed by atoms with Crippen molar-refractivity contribution in [2.45, 2.75) is 20.3 Å². The van der Waals surface area contributed by atoms with Crippen molar-refractivity contribution in [1.82, 2.24) is 0 Å². The number of ketones is 1. The van der Waals surface area contributed by atoms with E-state index in [1.165, 1.54) is 7.11 Å². The minimum atomic E-state index is -0.652. The molecule has 1 aliphatic carbocycles. The molecule has 0 saturated carbocycles. The van der Waals surface area contributed by atoms with Gasteiger partial charge in [0.15, 0.2) is 5.78 Å². The van der Waals surface area contributed by atoms with Crippen LogP contribution >= 0.6 is 0 Å². The van der Waals surface area contributed by atoms with Crippen molar-refractivity contribution in [3.8, 4) is 11.5 Å². The average Bonchev–Trinajstić information content (AvgIpc) is 2.99. The molecule has 0 amide bonds. The fourth-order valence-corrected chi connectivity index (χ4v) is 3.63. The topological polar surface area (TPSA) is 61.8 Å². The first kappa shape index (κ1) is 21.4. The first-order valence-corrected chi connectivity index (χ1v) is 9.67. The molecule has 0 atom stereocenters. The van der Waals surface area contributed by atoms with Gasteiger partial charge in [0, 0.05) is 5.41 Å². The molecule has 1 aliphatic rings. The normalized spacial score (nSPS) is 15.0. The van der Waals surface area contributed by atoms with Crippen LogP contribution in [0.4, 0.5) is 0 Å². The zero-order valence-corrected chi connectivity index (χ0v) is 17.9. The minimum absolute atomic E-state index is 0.127. The van der Waals surface area contributed by atoms with E-state index in [4.69, 9.17) is 14.2 Å². The molecular formula is C25H26O5. The Morgan fingerprint density at radius 2 is 1.33 bits per heavy atom. The van der Waals surface area contributed by atoms with E-state index in [9.17, 15) is 9.59 Å². The molecule has 0 unspecified atom stereocenters. The van der Waals surface area contributed by atoms with Crippen LogP contribution < -0.4 is 9.47 Å². The molecule has 0 heterocycles. The summed E-state index contributed by atoms with van der Waals surface area (Å²) in [6.45, 7) is 3.69. The number of allylic oxidation sites excluding steroid dienone is 2. The van der Waals surface area contributed by atoms with Gasteiger partial charge >= 0.3 is 5.97 Å². The molecule has 156 valence electrons. The van der Waals surface area contributed by atoms with E-state index in [0.717, 1.165) is 28.2 Å². The SMILES string of the molecule is COC(=O)C1=C(C=C(c2ccc(OC)cc2)c2ccc(OC)cc2)CC(C)(C)C1=O. The van der Waals surface area contributed by atoms with Gasteiger partial charge in [-0.25, -0.2) is 4.79 Å². The molecule has 2 aromatic rings. The van der Waals surface area contributed by atoms with Gasteiger partial charge in [0.1, 0.15) is 17.1 Å². The second-order valence-electron chi connectivity index (χ2n) is 7.80. The number of carbonyl (C=O) groups is 2. The standard InChI is InChI=1S/C25H26O5/c1-25(2)15-18(22(23(25)26)24(27)30-5)14-21(16-6-10-19(28-3)11-7-16)17-8-12-20(29-4)13-9-17/h6-14H,15H2,1-5H3. The number of ether oxygens (including phenoxy) is 3. The van der Waals surface area contributed by atoms with Crippen LogP contribution in [0.25, 0.3) is 5.57 Å². The van der Waals surface area contributed by atoms with Gasteiger partial charge in [-0.15, -0.1) is 0 Å². The largest absolute Gasteiger partial charge is 0.497 e. The Kier molecular flexibility index (Phi) is 6.11. The summed E-state index contributed by atoms with van der Waals surface area (Å²) in [5.41, 5.74) is 2.92. The van der Waals surface area contributed by atoms with Crippen LogP contribution in [-0.4, -0.2) is 33.1 Å². The van der Waals surface area contributed by atoms with Crippen molar-refractivity contribution in [3.05, 3.63) is 76.9 Å². The van der Waals surface area contributed by atoms with Crippen molar-refractivity contribution in [2.75, 3.05) is 21.3 Å². The highest BCUT2D eigenvalue weighted by Crippen LogP contribution is 2.41. The average molecular weight is 406 g/mol. The molecular weight excluding hydrogens is 380 g/mol. The summed E-state index contributed by atoms with van der Waals surface area (Å²) in [6, 6.07) is 15.3. The highest BCUT2D eigenvalue weighted by atomic mass is 16.5. The van der Waals surface area contributed by atoms with E-state index in [1.54, 1.807) is 14.2 Å². The molecule has 0 spiro atoms. The lowest BCUT2D eigenvalue weighted by atomic mass is 9.87. The summed E-state index contributed by atoms with van der Waals surface area (Å²) < 4.78 is 15.4. The van der Waals surface area contributed by atoms with Crippen LogP contribution in [0.15, 0.2) is 65.8 Å². The zero-order chi connectivity index (χ0) is 21.9. The van der Waals surface area contributed by atoms with Crippen LogP contribution in [-0.2, 0) is 14.3 Å². The van der Waals surface area contributed by atoms with Crippen LogP contribution in [0.3, 0.4) is 0 Å². The second kappa shape index (κ2) is 8.57. The van der Waals surface area contributed by atoms with E-state index in [1.807, 2.05) is 68.5 Å². The monoisotopic (exact) mass is 406 g/mol. The van der Waals surface area contributed by atoms with E-state index >= 15 is 0 Å². The third kappa shape index (κ3) is 4.15. The first-order chi connectivity index (χ1) is 14.3. The molecule has 2 aromatic carbocycles. The van der Waals surface area contributed by atoms with E-state index in [-0.39, 0.29) is 11.4 Å². The maximum Gasteiger partial charge on any atom is 0.341 e. The third-order valence-electron chi connectivity index (χ3n) is 5.31. The first-order valence-electron chi connectivity index (χ1n) is 9.67. The smallest absolute Gasteiger partial charge is 0.341 e. The fraction of sp³-hybridized carbons (Fsp3) is 0.280. The second-order valence-corrected chi connectivity index (χ2v) is 7.80. The Balaban J connectivity index is 2.19. The lowest BCUT2D eigenvalue weighted by Crippen LogP contribution is -2.23. The maximum atomic E-state index is 12.8. The van der Waals surface area contributed by atoms with Gasteiger partial charge in [0.05, 0.1) is 21.3 Å². The Morgan fingerprint density at radius 1 is 0.867 bits per heavy atom. The number of benzene rings is 2. The molecule has 0 saturated heterocycles. The van der Waals surface area contributed by atoms with Crippen molar-refractivity contribution < 1.29 is 23.8 Å². The van der Waals surface area contributed by atoms with Crippen molar-refractivity contribution in [2.24, 2.45) is 5.41 Å². The molecule has 5 nitrogen and oxygen atoms in total. The third-order valence-corrected chi connectivity index (χ3v) is 5.31. The van der Waals surface area contributed by atoms with Crippen molar-refractivity contribution >= 4 is 17.3 Å². The van der Waals surface area contributed by atoms with Gasteiger partial charge in [-0.1, -0.05) is 38.1 Å². The summed E-state index contributed by atoms with van der Waals surface area (Å²) in [7, 11) is 4.53. The lowest BCUT2D eigenvalue weighted by molar-refractivity contribution is -0.138. The van der Waals surface area contributed by atoms with E-state index < -0.39 is 11.4 Å². The Bertz CT molecular complexity index is 959.